The Morgan fingerprint density at radius 2 is 1.84 bits per heavy atom. The molecule has 8 rings (SSSR count). The van der Waals surface area contributed by atoms with Crippen molar-refractivity contribution in [1.29, 1.82) is 0 Å². The number of rotatable bonds is 4. The first-order valence-electron chi connectivity index (χ1n) is 18.3. The SMILES string of the molecule is C=C(C)[C@H]1C(=O)c2c3c(cc4c5c(n1c24)[C@@]1(C)C(CC[C@H]2[C@](C)(C/C=C/C(=O)OC)[C@@H](O)CC[C@@]21C)C5)C1=CC(C)(C)OC(C)(C)C1[C@@H]3O. The summed E-state index contributed by atoms with van der Waals surface area (Å²) in [6.45, 7) is 21.7. The largest absolute Gasteiger partial charge is 0.466 e. The van der Waals surface area contributed by atoms with Crippen LogP contribution in [0.4, 0.5) is 0 Å². The van der Waals surface area contributed by atoms with Crippen LogP contribution in [-0.2, 0) is 26.1 Å². The van der Waals surface area contributed by atoms with Crippen molar-refractivity contribution in [1.82, 2.24) is 4.57 Å². The van der Waals surface area contributed by atoms with Crippen LogP contribution in [0.5, 0.6) is 0 Å². The lowest BCUT2D eigenvalue weighted by Crippen LogP contribution is -2.62. The Balaban J connectivity index is 1.36. The van der Waals surface area contributed by atoms with Gasteiger partial charge < -0.3 is 24.3 Å². The lowest BCUT2D eigenvalue weighted by Gasteiger charge is -2.65. The molecule has 9 atom stereocenters. The minimum Gasteiger partial charge on any atom is -0.466 e. The van der Waals surface area contributed by atoms with E-state index in [1.54, 1.807) is 0 Å². The van der Waals surface area contributed by atoms with Gasteiger partial charge in [0, 0.05) is 39.5 Å². The number of aliphatic hydroxyl groups excluding tert-OH is 2. The minimum absolute atomic E-state index is 0.0323. The van der Waals surface area contributed by atoms with Gasteiger partial charge in [-0.1, -0.05) is 39.0 Å². The lowest BCUT2D eigenvalue weighted by molar-refractivity contribution is -0.163. The molecule has 0 bridgehead atoms. The van der Waals surface area contributed by atoms with Crippen molar-refractivity contribution in [3.63, 3.8) is 0 Å². The molecule has 7 heteroatoms. The van der Waals surface area contributed by atoms with Gasteiger partial charge in [-0.3, -0.25) is 4.79 Å². The molecule has 4 aliphatic carbocycles. The fourth-order valence-electron chi connectivity index (χ4n) is 12.7. The maximum absolute atomic E-state index is 14.8. The Hall–Kier alpha value is -3.00. The van der Waals surface area contributed by atoms with E-state index >= 15 is 0 Å². The number of aliphatic hydroxyl groups is 2. The first-order chi connectivity index (χ1) is 22.8. The zero-order valence-electron chi connectivity index (χ0n) is 30.7. The van der Waals surface area contributed by atoms with Crippen LogP contribution >= 0.6 is 0 Å². The van der Waals surface area contributed by atoms with Crippen LogP contribution in [0.15, 0.2) is 36.4 Å². The summed E-state index contributed by atoms with van der Waals surface area (Å²) in [4.78, 5) is 26.8. The van der Waals surface area contributed by atoms with E-state index in [4.69, 9.17) is 9.47 Å². The van der Waals surface area contributed by atoms with Crippen LogP contribution in [0, 0.1) is 28.6 Å². The van der Waals surface area contributed by atoms with Crippen molar-refractivity contribution < 1.29 is 29.3 Å². The van der Waals surface area contributed by atoms with Crippen LogP contribution in [0.25, 0.3) is 16.5 Å². The van der Waals surface area contributed by atoms with Gasteiger partial charge in [0.15, 0.2) is 5.78 Å². The fraction of sp³-hybridized carbons (Fsp3) is 0.619. The van der Waals surface area contributed by atoms with E-state index in [0.717, 1.165) is 58.9 Å². The van der Waals surface area contributed by atoms with Crippen LogP contribution < -0.4 is 0 Å². The highest BCUT2D eigenvalue weighted by Crippen LogP contribution is 2.72. The number of nitrogens with zero attached hydrogens (tertiary/aromatic N) is 1. The zero-order valence-corrected chi connectivity index (χ0v) is 30.7. The third kappa shape index (κ3) is 3.96. The van der Waals surface area contributed by atoms with E-state index in [0.29, 0.717) is 24.3 Å². The van der Waals surface area contributed by atoms with Gasteiger partial charge in [-0.05, 0) is 119 Å². The van der Waals surface area contributed by atoms with E-state index in [9.17, 15) is 19.8 Å². The van der Waals surface area contributed by atoms with Gasteiger partial charge in [-0.15, -0.1) is 0 Å². The molecule has 0 spiro atoms. The summed E-state index contributed by atoms with van der Waals surface area (Å²) in [6.07, 6.45) is 9.36. The van der Waals surface area contributed by atoms with Crippen molar-refractivity contribution in [3.8, 4) is 0 Å². The van der Waals surface area contributed by atoms with E-state index in [2.05, 4.69) is 71.8 Å². The van der Waals surface area contributed by atoms with E-state index in [1.165, 1.54) is 24.4 Å². The quantitative estimate of drug-likeness (QED) is 0.197. The third-order valence-corrected chi connectivity index (χ3v) is 14.7. The monoisotopic (exact) mass is 667 g/mol. The number of Topliss-reactive ketones (excluding diaryl/α,β-unsaturated/α-hetero) is 1. The standard InChI is InChI=1S/C42H53NO6/c1-21(2)33-36(47)31-30-23(26-20-38(3,4)49-39(5,6)32(26)35(30)46)19-24-25-18-22-13-14-27-40(7,16-11-12-29(45)48-10)28(44)15-17-41(27,8)42(22,9)37(25)43(33)34(24)31/h11-12,19-20,22,27-28,32-33,35,44,46H,1,13-18H2,2-10H3/b12-11+/t22?,27-,28-,32?,33-,35+,40-,41-,42+/m0/s1. The number of allylic oxidation sites excluding steroid dienone is 2. The Bertz CT molecular complexity index is 1930. The Kier molecular flexibility index (Phi) is 6.82. The third-order valence-electron chi connectivity index (χ3n) is 14.7. The first-order valence-corrected chi connectivity index (χ1v) is 18.3. The average molecular weight is 668 g/mol. The zero-order chi connectivity index (χ0) is 35.4. The van der Waals surface area contributed by atoms with E-state index < -0.39 is 34.9 Å². The molecule has 6 aliphatic rings. The molecule has 7 nitrogen and oxygen atoms in total. The summed E-state index contributed by atoms with van der Waals surface area (Å²) in [7, 11) is 1.39. The highest BCUT2D eigenvalue weighted by molar-refractivity contribution is 6.18. The number of esters is 1. The second-order valence-electron chi connectivity index (χ2n) is 18.1. The topological polar surface area (TPSA) is 98.0 Å². The molecule has 2 fully saturated rings. The first kappa shape index (κ1) is 33.2. The summed E-state index contributed by atoms with van der Waals surface area (Å²) >= 11 is 0. The van der Waals surface area contributed by atoms with Gasteiger partial charge in [-0.2, -0.15) is 0 Å². The Morgan fingerprint density at radius 1 is 1.12 bits per heavy atom. The van der Waals surface area contributed by atoms with Gasteiger partial charge in [0.25, 0.3) is 0 Å². The van der Waals surface area contributed by atoms with Crippen molar-refractivity contribution in [2.24, 2.45) is 28.6 Å². The highest BCUT2D eigenvalue weighted by atomic mass is 16.5. The number of carbonyl (C=O) groups is 2. The van der Waals surface area contributed by atoms with Crippen LogP contribution in [0.1, 0.15) is 132 Å². The number of hydrogen-bond donors (Lipinski definition) is 2. The number of carbonyl (C=O) groups excluding carboxylic acids is 2. The molecule has 262 valence electrons. The van der Waals surface area contributed by atoms with Gasteiger partial charge in [-0.25, -0.2) is 4.79 Å². The van der Waals surface area contributed by atoms with Crippen LogP contribution in [0.3, 0.4) is 0 Å². The molecule has 0 saturated heterocycles. The molecule has 2 unspecified atom stereocenters. The normalized spacial score (nSPS) is 39.3. The summed E-state index contributed by atoms with van der Waals surface area (Å²) in [5, 5.41) is 24.9. The number of aromatic nitrogens is 1. The minimum atomic E-state index is -0.851. The second kappa shape index (κ2) is 10.1. The van der Waals surface area contributed by atoms with Crippen molar-refractivity contribution in [3.05, 3.63) is 64.4 Å². The fourth-order valence-corrected chi connectivity index (χ4v) is 12.7. The molecule has 1 aromatic carbocycles. The number of methoxy groups -OCH3 is 1. The Morgan fingerprint density at radius 3 is 2.51 bits per heavy atom. The molecule has 2 aromatic rings. The van der Waals surface area contributed by atoms with Gasteiger partial charge >= 0.3 is 5.97 Å². The summed E-state index contributed by atoms with van der Waals surface area (Å²) in [5.74, 6) is -0.0170. The molecule has 0 amide bonds. The van der Waals surface area contributed by atoms with E-state index in [1.807, 2.05) is 13.0 Å². The van der Waals surface area contributed by atoms with Gasteiger partial charge in [0.2, 0.25) is 0 Å². The molecule has 2 N–H and O–H groups in total. The van der Waals surface area contributed by atoms with Crippen molar-refractivity contribution >= 4 is 28.2 Å². The smallest absolute Gasteiger partial charge is 0.330 e. The molecule has 3 heterocycles. The average Bonchev–Trinajstić information content (AvgIpc) is 3.67. The number of ketones is 1. The summed E-state index contributed by atoms with van der Waals surface area (Å²) in [5.41, 5.74) is 5.89. The maximum atomic E-state index is 14.8. The lowest BCUT2D eigenvalue weighted by atomic mass is 9.40. The number of hydrogen-bond acceptors (Lipinski definition) is 6. The molecular formula is C42H53NO6. The molecule has 2 aliphatic heterocycles. The molecule has 1 aromatic heterocycles. The van der Waals surface area contributed by atoms with Gasteiger partial charge in [0.1, 0.15) is 6.04 Å². The van der Waals surface area contributed by atoms with Crippen molar-refractivity contribution in [2.75, 3.05) is 7.11 Å². The predicted molar refractivity (Wildman–Crippen MR) is 190 cm³/mol. The Labute approximate surface area is 290 Å². The summed E-state index contributed by atoms with van der Waals surface area (Å²) < 4.78 is 13.7. The second-order valence-corrected chi connectivity index (χ2v) is 18.1. The van der Waals surface area contributed by atoms with Crippen LogP contribution in [-0.4, -0.2) is 50.9 Å². The van der Waals surface area contributed by atoms with E-state index in [-0.39, 0.29) is 34.4 Å². The molecule has 2 saturated carbocycles. The van der Waals surface area contributed by atoms with Crippen LogP contribution in [0.2, 0.25) is 0 Å². The molecule has 49 heavy (non-hydrogen) atoms. The summed E-state index contributed by atoms with van der Waals surface area (Å²) in [6, 6.07) is 1.78. The predicted octanol–water partition coefficient (Wildman–Crippen LogP) is 7.72. The molecular weight excluding hydrogens is 614 g/mol. The number of ether oxygens (including phenoxy) is 2. The van der Waals surface area contributed by atoms with Gasteiger partial charge in [0.05, 0.1) is 41.6 Å². The number of benzene rings is 1. The maximum Gasteiger partial charge on any atom is 0.330 e. The van der Waals surface area contributed by atoms with Crippen molar-refractivity contribution in [2.45, 2.75) is 129 Å². The number of fused-ring (bicyclic) bond motifs is 11. The highest BCUT2D eigenvalue weighted by Gasteiger charge is 2.68. The molecule has 0 radical (unpaired) electrons.